The van der Waals surface area contributed by atoms with E-state index in [2.05, 4.69) is 58.8 Å². The van der Waals surface area contributed by atoms with Gasteiger partial charge in [-0.25, -0.2) is 0 Å². The molecule has 1 N–H and O–H groups in total. The van der Waals surface area contributed by atoms with Crippen LogP contribution in [0.2, 0.25) is 0 Å². The number of hydrogen-bond acceptors (Lipinski definition) is 4. The minimum Gasteiger partial charge on any atom is -0.318 e. The monoisotopic (exact) mass is 487 g/mol. The van der Waals surface area contributed by atoms with Gasteiger partial charge in [-0.3, -0.25) is 10.2 Å². The van der Waals surface area contributed by atoms with Crippen molar-refractivity contribution < 1.29 is 4.79 Å². The maximum absolute atomic E-state index is 12.9. The Morgan fingerprint density at radius 1 is 1.14 bits per heavy atom. The number of rotatable bonds is 6. The van der Waals surface area contributed by atoms with Crippen molar-refractivity contribution in [3.05, 3.63) is 58.4 Å². The summed E-state index contributed by atoms with van der Waals surface area (Å²) >= 11 is 1.44. The lowest BCUT2D eigenvalue weighted by Crippen LogP contribution is -2.35. The Morgan fingerprint density at radius 2 is 1.89 bits per heavy atom. The van der Waals surface area contributed by atoms with E-state index in [1.54, 1.807) is 6.08 Å². The van der Waals surface area contributed by atoms with Gasteiger partial charge in [0.2, 0.25) is 5.17 Å². The summed E-state index contributed by atoms with van der Waals surface area (Å²) in [5.41, 5.74) is 5.71. The van der Waals surface area contributed by atoms with Crippen LogP contribution in [0, 0.1) is 25.2 Å². The van der Waals surface area contributed by atoms with Gasteiger partial charge in [0.15, 0.2) is 5.84 Å². The molecule has 2 aliphatic heterocycles. The molecule has 1 fully saturated rings. The van der Waals surface area contributed by atoms with Crippen molar-refractivity contribution in [1.29, 1.82) is 5.41 Å². The van der Waals surface area contributed by atoms with E-state index < -0.39 is 0 Å². The minimum absolute atomic E-state index is 0.109. The van der Waals surface area contributed by atoms with Crippen LogP contribution in [0.4, 0.5) is 0 Å². The molecule has 1 saturated carbocycles. The van der Waals surface area contributed by atoms with E-state index in [4.69, 9.17) is 5.41 Å². The standard InChI is InChI=1S/C28H33N5OS/c1-4-20-10-13-23(14-11-20)32-18(2)16-22(19(32)3)17-24-26(29)33-28(30-27(24)34)35-25(31-33)15-12-21-8-6-5-7-9-21/h10-11,13-14,16-17,21,29H,4-9,12,15H2,1-3H3. The topological polar surface area (TPSA) is 73.8 Å². The summed E-state index contributed by atoms with van der Waals surface area (Å²) in [6.07, 6.45) is 11.5. The van der Waals surface area contributed by atoms with Crippen molar-refractivity contribution in [3.63, 3.8) is 0 Å². The lowest BCUT2D eigenvalue weighted by Gasteiger charge is -2.20. The number of aryl methyl sites for hydroxylation is 2. The van der Waals surface area contributed by atoms with Gasteiger partial charge in [0, 0.05) is 17.1 Å². The average molecular weight is 488 g/mol. The Hall–Kier alpha value is -2.93. The highest BCUT2D eigenvalue weighted by Gasteiger charge is 2.35. The van der Waals surface area contributed by atoms with Gasteiger partial charge in [-0.15, -0.1) is 0 Å². The first kappa shape index (κ1) is 23.8. The van der Waals surface area contributed by atoms with Crippen molar-refractivity contribution in [2.24, 2.45) is 16.0 Å². The highest BCUT2D eigenvalue weighted by atomic mass is 32.2. The first-order valence-corrected chi connectivity index (χ1v) is 13.5. The van der Waals surface area contributed by atoms with Crippen molar-refractivity contribution >= 4 is 39.8 Å². The summed E-state index contributed by atoms with van der Waals surface area (Å²) < 4.78 is 2.19. The number of fused-ring (bicyclic) bond motifs is 1. The van der Waals surface area contributed by atoms with Crippen LogP contribution in [0.3, 0.4) is 0 Å². The largest absolute Gasteiger partial charge is 0.318 e. The second-order valence-corrected chi connectivity index (χ2v) is 10.8. The summed E-state index contributed by atoms with van der Waals surface area (Å²) in [4.78, 5) is 17.2. The molecule has 1 aromatic carbocycles. The van der Waals surface area contributed by atoms with Gasteiger partial charge < -0.3 is 4.57 Å². The maximum atomic E-state index is 12.9. The van der Waals surface area contributed by atoms with Gasteiger partial charge >= 0.3 is 0 Å². The Bertz CT molecular complexity index is 1240. The molecule has 7 heteroatoms. The number of amidine groups is 2. The molecule has 0 radical (unpaired) electrons. The zero-order valence-corrected chi connectivity index (χ0v) is 21.6. The second-order valence-electron chi connectivity index (χ2n) is 9.74. The lowest BCUT2D eigenvalue weighted by molar-refractivity contribution is -0.114. The minimum atomic E-state index is -0.366. The number of thioether (sulfide) groups is 1. The molecular formula is C28H33N5OS. The van der Waals surface area contributed by atoms with Crippen LogP contribution in [-0.2, 0) is 11.2 Å². The molecule has 1 aliphatic carbocycles. The lowest BCUT2D eigenvalue weighted by atomic mass is 9.86. The molecule has 0 spiro atoms. The number of carbonyl (C=O) groups is 1. The molecule has 182 valence electrons. The predicted molar refractivity (Wildman–Crippen MR) is 145 cm³/mol. The molecule has 35 heavy (non-hydrogen) atoms. The molecule has 0 bridgehead atoms. The SMILES string of the molecule is CCc1ccc(-n2c(C)cc(C=C3C(=N)N4N=C(CCC5CCCCC5)SC4=NC3=O)c2C)cc1. The fraction of sp³-hybridized carbons (Fsp3) is 0.429. The maximum Gasteiger partial charge on any atom is 0.283 e. The van der Waals surface area contributed by atoms with Gasteiger partial charge in [0.1, 0.15) is 5.04 Å². The second kappa shape index (κ2) is 9.97. The number of carbonyl (C=O) groups excluding carboxylic acids is 1. The number of benzene rings is 1. The number of nitrogens with zero attached hydrogens (tertiary/aromatic N) is 4. The van der Waals surface area contributed by atoms with Crippen LogP contribution in [-0.4, -0.2) is 31.5 Å². The molecule has 5 rings (SSSR count). The third-order valence-corrected chi connectivity index (χ3v) is 8.33. The Labute approximate surface area is 211 Å². The normalized spacial score (nSPS) is 19.9. The number of aliphatic imine (C=N–C) groups is 1. The summed E-state index contributed by atoms with van der Waals surface area (Å²) in [5, 5.41) is 16.4. The van der Waals surface area contributed by atoms with E-state index in [-0.39, 0.29) is 17.3 Å². The highest BCUT2D eigenvalue weighted by Crippen LogP contribution is 2.33. The van der Waals surface area contributed by atoms with Gasteiger partial charge in [0.05, 0.1) is 5.57 Å². The molecule has 2 aromatic rings. The summed E-state index contributed by atoms with van der Waals surface area (Å²) in [5.74, 6) is 0.517. The molecular weight excluding hydrogens is 454 g/mol. The van der Waals surface area contributed by atoms with Crippen LogP contribution < -0.4 is 0 Å². The zero-order chi connectivity index (χ0) is 24.5. The molecule has 1 aromatic heterocycles. The molecule has 6 nitrogen and oxygen atoms in total. The van der Waals surface area contributed by atoms with Gasteiger partial charge in [-0.1, -0.05) is 51.2 Å². The third kappa shape index (κ3) is 4.79. The molecule has 0 unspecified atom stereocenters. The summed E-state index contributed by atoms with van der Waals surface area (Å²) in [6.45, 7) is 6.26. The molecule has 1 amide bonds. The Kier molecular flexibility index (Phi) is 6.78. The summed E-state index contributed by atoms with van der Waals surface area (Å²) in [7, 11) is 0. The molecule has 0 saturated heterocycles. The molecule has 0 atom stereocenters. The molecule has 3 heterocycles. The molecule has 3 aliphatic rings. The third-order valence-electron chi connectivity index (χ3n) is 7.36. The fourth-order valence-electron chi connectivity index (χ4n) is 5.30. The van der Waals surface area contributed by atoms with E-state index in [1.807, 2.05) is 6.92 Å². The smallest absolute Gasteiger partial charge is 0.283 e. The van der Waals surface area contributed by atoms with Crippen LogP contribution >= 0.6 is 11.8 Å². The first-order chi connectivity index (χ1) is 16.9. The van der Waals surface area contributed by atoms with Crippen LogP contribution in [0.15, 0.2) is 46.0 Å². The van der Waals surface area contributed by atoms with Crippen LogP contribution in [0.5, 0.6) is 0 Å². The van der Waals surface area contributed by atoms with E-state index in [0.29, 0.717) is 5.17 Å². The van der Waals surface area contributed by atoms with Crippen molar-refractivity contribution in [1.82, 2.24) is 9.58 Å². The average Bonchev–Trinajstić information content (AvgIpc) is 3.40. The van der Waals surface area contributed by atoms with Gasteiger partial charge in [-0.05, 0) is 86.2 Å². The Balaban J connectivity index is 1.37. The number of nitrogens with one attached hydrogen (secondary N) is 1. The number of amides is 1. The van der Waals surface area contributed by atoms with Gasteiger partial charge in [0.25, 0.3) is 5.91 Å². The fourth-order valence-corrected chi connectivity index (χ4v) is 6.20. The van der Waals surface area contributed by atoms with E-state index in [9.17, 15) is 4.79 Å². The quantitative estimate of drug-likeness (QED) is 0.464. The van der Waals surface area contributed by atoms with Crippen molar-refractivity contribution in [2.45, 2.75) is 72.1 Å². The zero-order valence-electron chi connectivity index (χ0n) is 20.8. The highest BCUT2D eigenvalue weighted by molar-refractivity contribution is 8.26. The number of hydrogen-bond donors (Lipinski definition) is 1. The van der Waals surface area contributed by atoms with Crippen LogP contribution in [0.25, 0.3) is 11.8 Å². The first-order valence-electron chi connectivity index (χ1n) is 12.7. The summed E-state index contributed by atoms with van der Waals surface area (Å²) in [6, 6.07) is 10.6. The van der Waals surface area contributed by atoms with E-state index >= 15 is 0 Å². The number of aromatic nitrogens is 1. The van der Waals surface area contributed by atoms with Crippen molar-refractivity contribution in [2.75, 3.05) is 0 Å². The van der Waals surface area contributed by atoms with Crippen molar-refractivity contribution in [3.8, 4) is 5.69 Å². The van der Waals surface area contributed by atoms with E-state index in [1.165, 1.54) is 54.4 Å². The van der Waals surface area contributed by atoms with E-state index in [0.717, 1.165) is 52.9 Å². The van der Waals surface area contributed by atoms with Crippen LogP contribution in [0.1, 0.15) is 74.4 Å². The predicted octanol–water partition coefficient (Wildman–Crippen LogP) is 6.64. The van der Waals surface area contributed by atoms with Gasteiger partial charge in [-0.2, -0.15) is 15.1 Å². The Morgan fingerprint density at radius 3 is 2.60 bits per heavy atom. The number of hydrazone groups is 1.